The molecular formula is C72H83N11O20S2. The topological polar surface area (TPSA) is 431 Å². The zero-order valence-corrected chi connectivity index (χ0v) is 59.6. The third-order valence-corrected chi connectivity index (χ3v) is 21.9. The van der Waals surface area contributed by atoms with Gasteiger partial charge in [-0.15, -0.1) is 0 Å². The fraction of sp³-hybridized carbons (Fsp3) is 0.472. The Bertz CT molecular complexity index is 4490. The van der Waals surface area contributed by atoms with Crippen molar-refractivity contribution in [1.82, 2.24) is 39.8 Å². The fourth-order valence-corrected chi connectivity index (χ4v) is 18.0. The van der Waals surface area contributed by atoms with Crippen LogP contribution in [0.15, 0.2) is 91.3 Å². The van der Waals surface area contributed by atoms with E-state index in [4.69, 9.17) is 29.0 Å². The van der Waals surface area contributed by atoms with E-state index in [9.17, 15) is 76.9 Å². The Morgan fingerprint density at radius 2 is 1.61 bits per heavy atom. The Balaban J connectivity index is 0.677. The minimum Gasteiger partial charge on any atom is -0.479 e. The van der Waals surface area contributed by atoms with Crippen LogP contribution < -0.4 is 25.6 Å². The highest BCUT2D eigenvalue weighted by Gasteiger charge is 2.66. The second-order valence-electron chi connectivity index (χ2n) is 28.8. The Hall–Kier alpha value is -9.61. The van der Waals surface area contributed by atoms with Crippen molar-refractivity contribution >= 4 is 102 Å². The van der Waals surface area contributed by atoms with E-state index >= 15 is 0 Å². The number of aromatic nitrogens is 5. The van der Waals surface area contributed by atoms with Gasteiger partial charge in [0.2, 0.25) is 18.1 Å². The van der Waals surface area contributed by atoms with Gasteiger partial charge in [0.05, 0.1) is 34.5 Å². The molecule has 7 aliphatic rings. The number of carboxylic acids is 2. The molecule has 7 heterocycles. The van der Waals surface area contributed by atoms with Crippen molar-refractivity contribution < 1.29 is 95.8 Å². The highest BCUT2D eigenvalue weighted by molar-refractivity contribution is 7.85. The molecule has 0 radical (unpaired) electrons. The second kappa shape index (κ2) is 30.8. The number of aromatic carboxylic acids is 1. The van der Waals surface area contributed by atoms with Gasteiger partial charge in [-0.05, 0) is 146 Å². The molecule has 4 bridgehead atoms. The summed E-state index contributed by atoms with van der Waals surface area (Å²) in [5.74, 6) is -5.50. The monoisotopic (exact) mass is 1490 g/mol. The first-order valence-corrected chi connectivity index (χ1v) is 37.1. The maximum Gasteiger partial charge on any atom is 0.410 e. The van der Waals surface area contributed by atoms with Crippen molar-refractivity contribution in [2.75, 3.05) is 67.2 Å². The Labute approximate surface area is 607 Å². The zero-order chi connectivity index (χ0) is 74.8. The van der Waals surface area contributed by atoms with Crippen LogP contribution in [0.5, 0.6) is 5.75 Å². The predicted molar refractivity (Wildman–Crippen MR) is 379 cm³/mol. The van der Waals surface area contributed by atoms with E-state index in [1.54, 1.807) is 30.6 Å². The molecule has 5 fully saturated rings. The number of fused-ring (bicyclic) bond motifs is 2. The van der Waals surface area contributed by atoms with Crippen molar-refractivity contribution in [2.24, 2.45) is 16.2 Å². The molecule has 31 nitrogen and oxygen atoms in total. The molecule has 105 heavy (non-hydrogen) atoms. The molecule has 0 spiro atoms. The first kappa shape index (κ1) is 75.1. The summed E-state index contributed by atoms with van der Waals surface area (Å²) in [6.45, 7) is 6.98. The van der Waals surface area contributed by atoms with E-state index in [2.05, 4.69) is 39.8 Å². The Morgan fingerprint density at radius 1 is 0.838 bits per heavy atom. The number of imide groups is 1. The SMILES string of the molecule is Cc1c(-c2ccc(N3CCc4cccc(C(=O)Nc5nc6ncccc6s5)c4C3)nc2C(=O)O)cnn1CC12CC3(C)CC(C)(C1)CC(OCCN(CCS(=O)(=O)O)C(=O)OC/C=C/c1ccc(O[C@@H]4O[C@H](C(=O)O)[C@@H](O)[C@H](O)[C@H]4O)c(NC(=O)CCNC(=O)CCCCCN4C(=O)C=CC4=O)c1)(C3)C2. The summed E-state index contributed by atoms with van der Waals surface area (Å²) in [6.07, 6.45) is 4.63. The average molecular weight is 1490 g/mol. The molecule has 4 saturated carbocycles. The minimum atomic E-state index is -4.56. The predicted octanol–water partition coefficient (Wildman–Crippen LogP) is 6.15. The lowest BCUT2D eigenvalue weighted by Gasteiger charge is -2.69. The summed E-state index contributed by atoms with van der Waals surface area (Å²) >= 11 is 1.33. The molecule has 7 atom stereocenters. The quantitative estimate of drug-likeness (QED) is 0.0139. The van der Waals surface area contributed by atoms with Crippen LogP contribution in [0.1, 0.15) is 128 Å². The summed E-state index contributed by atoms with van der Waals surface area (Å²) in [4.78, 5) is 120. The maximum absolute atomic E-state index is 13.9. The largest absolute Gasteiger partial charge is 0.479 e. The van der Waals surface area contributed by atoms with E-state index in [0.29, 0.717) is 90.6 Å². The maximum atomic E-state index is 13.9. The lowest BCUT2D eigenvalue weighted by Crippen LogP contribution is -2.64. The summed E-state index contributed by atoms with van der Waals surface area (Å²) in [6, 6.07) is 17.1. The highest BCUT2D eigenvalue weighted by Crippen LogP contribution is 2.72. The number of thiazole rings is 1. The van der Waals surface area contributed by atoms with Gasteiger partial charge in [-0.2, -0.15) is 18.5 Å². The first-order valence-electron chi connectivity index (χ1n) is 34.6. The van der Waals surface area contributed by atoms with E-state index < -0.39 is 94.5 Å². The van der Waals surface area contributed by atoms with E-state index in [-0.39, 0.29) is 90.9 Å². The lowest BCUT2D eigenvalue weighted by molar-refractivity contribution is -0.271. The lowest BCUT2D eigenvalue weighted by atomic mass is 9.39. The van der Waals surface area contributed by atoms with Gasteiger partial charge in [-0.3, -0.25) is 43.4 Å². The summed E-state index contributed by atoms with van der Waals surface area (Å²) < 4.78 is 60.5. The number of carbonyl (C=O) groups is 8. The molecular weight excluding hydrogens is 1400 g/mol. The van der Waals surface area contributed by atoms with Crippen LogP contribution in [0, 0.1) is 23.2 Å². The van der Waals surface area contributed by atoms with Gasteiger partial charge >= 0.3 is 18.0 Å². The van der Waals surface area contributed by atoms with Crippen molar-refractivity contribution in [1.29, 1.82) is 0 Å². The number of carbonyl (C=O) groups excluding carboxylic acids is 6. The smallest absolute Gasteiger partial charge is 0.410 e. The number of hydrogen-bond donors (Lipinski definition) is 9. The van der Waals surface area contributed by atoms with Gasteiger partial charge < -0.3 is 64.9 Å². The number of amides is 6. The molecule has 9 N–H and O–H groups in total. The molecule has 6 aromatic rings. The molecule has 558 valence electrons. The van der Waals surface area contributed by atoms with Crippen LogP contribution >= 0.6 is 11.3 Å². The van der Waals surface area contributed by atoms with Gasteiger partial charge in [0, 0.05) is 99.4 Å². The van der Waals surface area contributed by atoms with Crippen molar-refractivity contribution in [2.45, 2.75) is 147 Å². The number of carboxylic acid groups (broad SMARTS) is 2. The summed E-state index contributed by atoms with van der Waals surface area (Å²) in [7, 11) is -4.56. The number of rotatable bonds is 30. The van der Waals surface area contributed by atoms with Gasteiger partial charge in [-0.25, -0.2) is 24.4 Å². The zero-order valence-electron chi connectivity index (χ0n) is 58.0. The number of nitrogens with zero attached hydrogens (tertiary/aromatic N) is 8. The molecule has 4 aromatic heterocycles. The molecule has 33 heteroatoms. The number of nitrogens with one attached hydrogen (secondary N) is 3. The molecule has 4 aliphatic carbocycles. The number of aliphatic hydroxyl groups is 3. The van der Waals surface area contributed by atoms with Crippen molar-refractivity contribution in [3.8, 4) is 16.9 Å². The average Bonchev–Trinajstić information content (AvgIpc) is 0.856. The van der Waals surface area contributed by atoms with E-state index in [1.807, 2.05) is 40.8 Å². The molecule has 13 rings (SSSR count). The van der Waals surface area contributed by atoms with Crippen LogP contribution in [0.25, 0.3) is 27.6 Å². The summed E-state index contributed by atoms with van der Waals surface area (Å²) in [5.41, 5.74) is 3.48. The van der Waals surface area contributed by atoms with Crippen LogP contribution in [0.4, 0.5) is 21.4 Å². The van der Waals surface area contributed by atoms with Crippen molar-refractivity contribution in [3.63, 3.8) is 0 Å². The number of aliphatic hydroxyl groups excluding tert-OH is 3. The van der Waals surface area contributed by atoms with Crippen molar-refractivity contribution in [3.05, 3.63) is 125 Å². The van der Waals surface area contributed by atoms with Gasteiger partial charge in [0.1, 0.15) is 36.5 Å². The molecule has 1 saturated heterocycles. The molecule has 3 aliphatic heterocycles. The molecule has 2 unspecified atom stereocenters. The number of pyridine rings is 2. The Kier molecular flexibility index (Phi) is 22.1. The van der Waals surface area contributed by atoms with Crippen LogP contribution in [0.2, 0.25) is 0 Å². The van der Waals surface area contributed by atoms with E-state index in [1.165, 1.54) is 53.8 Å². The van der Waals surface area contributed by atoms with Gasteiger partial charge in [-0.1, -0.05) is 55.9 Å². The first-order chi connectivity index (χ1) is 50.0. The van der Waals surface area contributed by atoms with E-state index in [0.717, 1.165) is 63.4 Å². The highest BCUT2D eigenvalue weighted by atomic mass is 32.2. The third kappa shape index (κ3) is 17.4. The number of benzene rings is 2. The third-order valence-electron chi connectivity index (χ3n) is 20.3. The fourth-order valence-electron chi connectivity index (χ4n) is 16.7. The summed E-state index contributed by atoms with van der Waals surface area (Å²) in [5, 5.41) is 65.5. The molecule has 6 amide bonds. The number of aliphatic carboxylic acids is 1. The number of ether oxygens (including phenoxy) is 4. The number of hydrogen-bond acceptors (Lipinski definition) is 23. The van der Waals surface area contributed by atoms with Crippen LogP contribution in [-0.4, -0.2) is 209 Å². The standard InChI is InChI=1S/C72H83N11O20S2/c1-42-47(45-16-18-52(77-57(45)64(92)93)81-26-22-44-11-7-12-46(48(44)34-81)63(91)79-67-78-62-51(104-67)13-8-23-74-62)33-75-83(42)41-71-36-69(2)35-70(3,37-71)39-72(38-69,40-71)101-30-27-80(28-31-105(97,98)99)68(96)100-29-9-10-43-15-17-50(102-66-60(90)58(88)59(89)61(103-66)65(94)95)49(32-43)76-54(85)21-24-73-53(84)14-5-4-6-25-82-55(86)19-20-56(82)87/h7-13,15-20,23,32-33,58-61,66,88-90H,4-6,14,21-22,24-31,34-41H2,1-3H3,(H,73,84)(H,76,85)(H,92,93)(H,94,95)(H,97,98,99)(H,74,78,79,91)/b10-9+/t58-,59-,60+,61-,66+,69?,70?,71?,72?/m0/s1. The minimum absolute atomic E-state index is 0.0179. The second-order valence-corrected chi connectivity index (χ2v) is 31.4. The number of unbranched alkanes of at least 4 members (excludes halogenated alkanes) is 2. The van der Waals surface area contributed by atoms with Crippen LogP contribution in [0.3, 0.4) is 0 Å². The van der Waals surface area contributed by atoms with Gasteiger partial charge in [0.15, 0.2) is 22.6 Å². The van der Waals surface area contributed by atoms with Crippen LogP contribution in [-0.2, 0) is 67.8 Å². The number of anilines is 3. The van der Waals surface area contributed by atoms with Gasteiger partial charge in [0.25, 0.3) is 27.8 Å². The Morgan fingerprint density at radius 3 is 2.34 bits per heavy atom. The normalized spacial score (nSPS) is 24.7. The molecule has 2 aromatic carbocycles.